The molecule has 0 aromatic carbocycles. The summed E-state index contributed by atoms with van der Waals surface area (Å²) < 4.78 is 12.9. The highest BCUT2D eigenvalue weighted by molar-refractivity contribution is 5.79. The molecule has 2 aliphatic heterocycles. The maximum atomic E-state index is 12.0. The molecule has 9 heteroatoms. The highest BCUT2D eigenvalue weighted by atomic mass is 16.5. The number of ether oxygens (including phenoxy) is 2. The number of carbonyl (C=O) groups excluding carboxylic acids is 1. The van der Waals surface area contributed by atoms with Crippen LogP contribution in [0.25, 0.3) is 11.3 Å². The SMILES string of the molecule is O=C(NCC1Cn2nnc(-c3cncnc3)c2CO1)C1CCOC1. The van der Waals surface area contributed by atoms with Gasteiger partial charge in [0.15, 0.2) is 0 Å². The molecule has 1 N–H and O–H groups in total. The summed E-state index contributed by atoms with van der Waals surface area (Å²) in [6.45, 7) is 2.57. The number of hydrogen-bond donors (Lipinski definition) is 1. The van der Waals surface area contributed by atoms with E-state index in [1.54, 1.807) is 12.4 Å². The van der Waals surface area contributed by atoms with Crippen molar-refractivity contribution in [2.24, 2.45) is 5.92 Å². The number of hydrogen-bond acceptors (Lipinski definition) is 7. The summed E-state index contributed by atoms with van der Waals surface area (Å²) in [7, 11) is 0. The third-order valence-electron chi connectivity index (χ3n) is 4.31. The Kier molecular flexibility index (Phi) is 4.18. The number of fused-ring (bicyclic) bond motifs is 1. The minimum atomic E-state index is -0.120. The summed E-state index contributed by atoms with van der Waals surface area (Å²) in [6, 6.07) is 0. The summed E-state index contributed by atoms with van der Waals surface area (Å²) in [5.41, 5.74) is 2.45. The molecule has 2 aromatic rings. The van der Waals surface area contributed by atoms with Crippen LogP contribution in [0.2, 0.25) is 0 Å². The molecule has 0 aliphatic carbocycles. The Morgan fingerprint density at radius 2 is 2.25 bits per heavy atom. The lowest BCUT2D eigenvalue weighted by atomic mass is 10.1. The minimum Gasteiger partial charge on any atom is -0.381 e. The number of nitrogens with zero attached hydrogens (tertiary/aromatic N) is 5. The second kappa shape index (κ2) is 6.62. The average Bonchev–Trinajstić information content (AvgIpc) is 3.30. The van der Waals surface area contributed by atoms with E-state index in [2.05, 4.69) is 25.6 Å². The van der Waals surface area contributed by atoms with Gasteiger partial charge in [0.25, 0.3) is 0 Å². The number of carbonyl (C=O) groups is 1. The van der Waals surface area contributed by atoms with E-state index in [0.29, 0.717) is 32.9 Å². The fraction of sp³-hybridized carbons (Fsp3) is 0.533. The Morgan fingerprint density at radius 1 is 1.38 bits per heavy atom. The average molecular weight is 330 g/mol. The van der Waals surface area contributed by atoms with Gasteiger partial charge in [-0.3, -0.25) is 4.79 Å². The lowest BCUT2D eigenvalue weighted by Gasteiger charge is -2.24. The van der Waals surface area contributed by atoms with Crippen LogP contribution in [-0.4, -0.2) is 56.7 Å². The first-order valence-corrected chi connectivity index (χ1v) is 7.96. The molecule has 4 heterocycles. The van der Waals surface area contributed by atoms with Crippen LogP contribution in [0.5, 0.6) is 0 Å². The molecule has 0 bridgehead atoms. The van der Waals surface area contributed by atoms with Gasteiger partial charge in [-0.1, -0.05) is 5.21 Å². The normalized spacial score (nSPS) is 23.0. The molecule has 2 aromatic heterocycles. The maximum absolute atomic E-state index is 12.0. The number of aromatic nitrogens is 5. The van der Waals surface area contributed by atoms with E-state index < -0.39 is 0 Å². The molecule has 9 nitrogen and oxygen atoms in total. The molecular formula is C15H18N6O3. The molecule has 1 amide bonds. The second-order valence-electron chi connectivity index (χ2n) is 5.93. The summed E-state index contributed by atoms with van der Waals surface area (Å²) in [5, 5.41) is 11.3. The van der Waals surface area contributed by atoms with E-state index in [1.165, 1.54) is 6.33 Å². The van der Waals surface area contributed by atoms with Crippen LogP contribution in [0.1, 0.15) is 12.1 Å². The van der Waals surface area contributed by atoms with Gasteiger partial charge in [-0.2, -0.15) is 0 Å². The predicted molar refractivity (Wildman–Crippen MR) is 81.6 cm³/mol. The van der Waals surface area contributed by atoms with Crippen molar-refractivity contribution < 1.29 is 14.3 Å². The van der Waals surface area contributed by atoms with Crippen molar-refractivity contribution in [1.82, 2.24) is 30.3 Å². The zero-order valence-corrected chi connectivity index (χ0v) is 13.1. The Morgan fingerprint density at radius 3 is 3.04 bits per heavy atom. The molecule has 2 atom stereocenters. The lowest BCUT2D eigenvalue weighted by Crippen LogP contribution is -2.41. The smallest absolute Gasteiger partial charge is 0.225 e. The molecule has 1 fully saturated rings. The van der Waals surface area contributed by atoms with Gasteiger partial charge in [-0.25, -0.2) is 14.6 Å². The van der Waals surface area contributed by atoms with Crippen LogP contribution in [0.4, 0.5) is 0 Å². The highest BCUT2D eigenvalue weighted by Gasteiger charge is 2.27. The van der Waals surface area contributed by atoms with E-state index in [9.17, 15) is 4.79 Å². The van der Waals surface area contributed by atoms with Gasteiger partial charge in [-0.05, 0) is 6.42 Å². The molecule has 126 valence electrons. The molecule has 24 heavy (non-hydrogen) atoms. The van der Waals surface area contributed by atoms with Crippen molar-refractivity contribution >= 4 is 5.91 Å². The molecule has 1 saturated heterocycles. The van der Waals surface area contributed by atoms with Gasteiger partial charge in [0.05, 0.1) is 37.5 Å². The maximum Gasteiger partial charge on any atom is 0.225 e. The topological polar surface area (TPSA) is 104 Å². The molecule has 2 unspecified atom stereocenters. The van der Waals surface area contributed by atoms with E-state index in [4.69, 9.17) is 9.47 Å². The lowest BCUT2D eigenvalue weighted by molar-refractivity contribution is -0.126. The second-order valence-corrected chi connectivity index (χ2v) is 5.93. The predicted octanol–water partition coefficient (Wildman–Crippen LogP) is -0.213. The van der Waals surface area contributed by atoms with Crippen molar-refractivity contribution in [3.63, 3.8) is 0 Å². The number of rotatable bonds is 4. The number of amides is 1. The van der Waals surface area contributed by atoms with Crippen LogP contribution < -0.4 is 5.32 Å². The zero-order valence-electron chi connectivity index (χ0n) is 13.1. The molecule has 0 radical (unpaired) electrons. The van der Waals surface area contributed by atoms with Crippen molar-refractivity contribution in [2.75, 3.05) is 19.8 Å². The van der Waals surface area contributed by atoms with Crippen molar-refractivity contribution in [2.45, 2.75) is 25.7 Å². The molecule has 2 aliphatic rings. The van der Waals surface area contributed by atoms with Gasteiger partial charge < -0.3 is 14.8 Å². The van der Waals surface area contributed by atoms with E-state index in [-0.39, 0.29) is 17.9 Å². The number of nitrogens with one attached hydrogen (secondary N) is 1. The Labute approximate surface area is 138 Å². The first-order chi connectivity index (χ1) is 11.8. The van der Waals surface area contributed by atoms with Gasteiger partial charge in [-0.15, -0.1) is 5.10 Å². The van der Waals surface area contributed by atoms with Crippen LogP contribution in [-0.2, 0) is 27.4 Å². The molecular weight excluding hydrogens is 312 g/mol. The Balaban J connectivity index is 1.38. The van der Waals surface area contributed by atoms with Gasteiger partial charge in [0.1, 0.15) is 12.0 Å². The zero-order chi connectivity index (χ0) is 16.4. The quantitative estimate of drug-likeness (QED) is 0.827. The fourth-order valence-corrected chi connectivity index (χ4v) is 2.93. The van der Waals surface area contributed by atoms with Crippen LogP contribution in [0, 0.1) is 5.92 Å². The standard InChI is InChI=1S/C15H18N6O3/c22-15(10-1-2-23-7-10)18-5-12-6-21-13(8-24-12)14(19-20-21)11-3-16-9-17-4-11/h3-4,9-10,12H,1-2,5-8H2,(H,18,22). The van der Waals surface area contributed by atoms with Crippen LogP contribution >= 0.6 is 0 Å². The van der Waals surface area contributed by atoms with Gasteiger partial charge in [0.2, 0.25) is 5.91 Å². The largest absolute Gasteiger partial charge is 0.381 e. The molecule has 4 rings (SSSR count). The minimum absolute atomic E-state index is 0.0302. The van der Waals surface area contributed by atoms with Crippen LogP contribution in [0.15, 0.2) is 18.7 Å². The van der Waals surface area contributed by atoms with Crippen molar-refractivity contribution in [3.8, 4) is 11.3 Å². The van der Waals surface area contributed by atoms with Gasteiger partial charge in [0, 0.05) is 31.1 Å². The molecule has 0 spiro atoms. The third kappa shape index (κ3) is 3.00. The van der Waals surface area contributed by atoms with E-state index >= 15 is 0 Å². The summed E-state index contributed by atoms with van der Waals surface area (Å²) in [4.78, 5) is 20.0. The monoisotopic (exact) mass is 330 g/mol. The highest BCUT2D eigenvalue weighted by Crippen LogP contribution is 2.23. The Bertz CT molecular complexity index is 713. The van der Waals surface area contributed by atoms with E-state index in [0.717, 1.165) is 23.4 Å². The first-order valence-electron chi connectivity index (χ1n) is 7.96. The molecule has 0 saturated carbocycles. The summed E-state index contributed by atoms with van der Waals surface area (Å²) in [5.74, 6) is -0.0113. The summed E-state index contributed by atoms with van der Waals surface area (Å²) >= 11 is 0. The summed E-state index contributed by atoms with van der Waals surface area (Å²) in [6.07, 6.45) is 5.55. The fourth-order valence-electron chi connectivity index (χ4n) is 2.93. The van der Waals surface area contributed by atoms with Crippen molar-refractivity contribution in [3.05, 3.63) is 24.4 Å². The first kappa shape index (κ1) is 15.2. The van der Waals surface area contributed by atoms with Gasteiger partial charge >= 0.3 is 0 Å². The Hall–Kier alpha value is -2.39. The third-order valence-corrected chi connectivity index (χ3v) is 4.31. The van der Waals surface area contributed by atoms with Crippen molar-refractivity contribution in [1.29, 1.82) is 0 Å². The van der Waals surface area contributed by atoms with Crippen LogP contribution in [0.3, 0.4) is 0 Å². The van der Waals surface area contributed by atoms with E-state index in [1.807, 2.05) is 4.68 Å².